The highest BCUT2D eigenvalue weighted by atomic mass is 32.2. The van der Waals surface area contributed by atoms with Crippen LogP contribution in [0.25, 0.3) is 0 Å². The quantitative estimate of drug-likeness (QED) is 0.821. The Labute approximate surface area is 158 Å². The van der Waals surface area contributed by atoms with E-state index in [1.807, 2.05) is 30.3 Å². The second kappa shape index (κ2) is 7.97. The van der Waals surface area contributed by atoms with E-state index in [4.69, 9.17) is 9.88 Å². The van der Waals surface area contributed by atoms with E-state index in [9.17, 15) is 13.2 Å². The lowest BCUT2D eigenvalue weighted by Crippen LogP contribution is -2.53. The van der Waals surface area contributed by atoms with Crippen molar-refractivity contribution >= 4 is 22.0 Å². The predicted molar refractivity (Wildman–Crippen MR) is 100 cm³/mol. The summed E-state index contributed by atoms with van der Waals surface area (Å²) in [6.07, 6.45) is 3.79. The first-order valence-electron chi connectivity index (χ1n) is 8.61. The Hall–Kier alpha value is -2.59. The number of nitrogens with zero attached hydrogens (tertiary/aromatic N) is 4. The van der Waals surface area contributed by atoms with Gasteiger partial charge in [-0.25, -0.2) is 14.2 Å². The zero-order chi connectivity index (χ0) is 19.4. The van der Waals surface area contributed by atoms with Crippen LogP contribution >= 0.6 is 0 Å². The summed E-state index contributed by atoms with van der Waals surface area (Å²) in [5.74, 6) is 0. The van der Waals surface area contributed by atoms with Gasteiger partial charge in [-0.2, -0.15) is 13.5 Å². The minimum Gasteiger partial charge on any atom is -0.445 e. The molecule has 146 valence electrons. The van der Waals surface area contributed by atoms with Crippen molar-refractivity contribution in [2.75, 3.05) is 17.4 Å². The molecule has 0 aliphatic carbocycles. The van der Waals surface area contributed by atoms with Crippen molar-refractivity contribution in [3.63, 3.8) is 0 Å². The fourth-order valence-electron chi connectivity index (χ4n) is 3.21. The molecule has 1 aromatic heterocycles. The number of carbonyl (C=O) groups excluding carboxylic acids is 1. The molecule has 1 saturated heterocycles. The summed E-state index contributed by atoms with van der Waals surface area (Å²) in [6, 6.07) is 8.91. The number of hydrogen-bond acceptors (Lipinski definition) is 5. The molecule has 1 aliphatic rings. The Balaban J connectivity index is 1.69. The summed E-state index contributed by atoms with van der Waals surface area (Å²) in [4.78, 5) is 13.9. The molecular formula is C17H23N5O4S. The normalized spacial score (nSPS) is 17.6. The van der Waals surface area contributed by atoms with Crippen LogP contribution in [0.15, 0.2) is 42.7 Å². The van der Waals surface area contributed by atoms with E-state index >= 15 is 0 Å². The van der Waals surface area contributed by atoms with E-state index < -0.39 is 22.3 Å². The summed E-state index contributed by atoms with van der Waals surface area (Å²) >= 11 is 0. The Kier molecular flexibility index (Phi) is 5.66. The zero-order valence-electron chi connectivity index (χ0n) is 15.1. The average Bonchev–Trinajstić information content (AvgIpc) is 3.05. The molecule has 2 aromatic rings. The highest BCUT2D eigenvalue weighted by Crippen LogP contribution is 2.25. The zero-order valence-corrected chi connectivity index (χ0v) is 15.9. The number of carbonyl (C=O) groups is 1. The maximum Gasteiger partial charge on any atom is 0.410 e. The maximum atomic E-state index is 12.4. The van der Waals surface area contributed by atoms with Crippen LogP contribution in [-0.2, 0) is 28.6 Å². The standard InChI is InChI=1S/C17H23N5O4S/c1-20-11-16(10-19-20)22(27(18,24)25)15-8-5-9-21(12-15)17(23)26-13-14-6-3-2-4-7-14/h2-4,6-7,10-11,15H,5,8-9,12-13H2,1H3,(H2,18,24,25). The third kappa shape index (κ3) is 4.77. The first kappa shape index (κ1) is 19.2. The monoisotopic (exact) mass is 393 g/mol. The van der Waals surface area contributed by atoms with Crippen LogP contribution in [0.2, 0.25) is 0 Å². The number of aromatic nitrogens is 2. The van der Waals surface area contributed by atoms with E-state index in [0.717, 1.165) is 9.87 Å². The van der Waals surface area contributed by atoms with Crippen LogP contribution in [-0.4, -0.2) is 48.3 Å². The van der Waals surface area contributed by atoms with Gasteiger partial charge in [0, 0.05) is 26.3 Å². The first-order chi connectivity index (χ1) is 12.8. The van der Waals surface area contributed by atoms with Crippen LogP contribution in [0.1, 0.15) is 18.4 Å². The van der Waals surface area contributed by atoms with Gasteiger partial charge in [-0.3, -0.25) is 4.68 Å². The SMILES string of the molecule is Cn1cc(N(C2CCCN(C(=O)OCc3ccccc3)C2)S(N)(=O)=O)cn1. The minimum absolute atomic E-state index is 0.169. The molecule has 0 radical (unpaired) electrons. The number of nitrogens with two attached hydrogens (primary N) is 1. The van der Waals surface area contributed by atoms with Gasteiger partial charge in [-0.05, 0) is 18.4 Å². The Morgan fingerprint density at radius 3 is 2.74 bits per heavy atom. The number of anilines is 1. The molecule has 27 heavy (non-hydrogen) atoms. The summed E-state index contributed by atoms with van der Waals surface area (Å²) in [7, 11) is -2.31. The lowest BCUT2D eigenvalue weighted by Gasteiger charge is -2.37. The molecule has 1 amide bonds. The largest absolute Gasteiger partial charge is 0.445 e. The summed E-state index contributed by atoms with van der Waals surface area (Å²) in [6.45, 7) is 0.886. The topological polar surface area (TPSA) is 111 Å². The van der Waals surface area contributed by atoms with Crippen molar-refractivity contribution in [2.24, 2.45) is 12.2 Å². The van der Waals surface area contributed by atoms with Gasteiger partial charge in [0.25, 0.3) is 10.2 Å². The van der Waals surface area contributed by atoms with Crippen LogP contribution < -0.4 is 9.44 Å². The number of likely N-dealkylation sites (tertiary alicyclic amines) is 1. The van der Waals surface area contributed by atoms with Crippen molar-refractivity contribution in [1.29, 1.82) is 0 Å². The van der Waals surface area contributed by atoms with Crippen molar-refractivity contribution in [3.05, 3.63) is 48.3 Å². The lowest BCUT2D eigenvalue weighted by atomic mass is 10.1. The fourth-order valence-corrected chi connectivity index (χ4v) is 4.19. The number of piperidine rings is 1. The van der Waals surface area contributed by atoms with Crippen LogP contribution in [0, 0.1) is 0 Å². The predicted octanol–water partition coefficient (Wildman–Crippen LogP) is 1.23. The average molecular weight is 393 g/mol. The Morgan fingerprint density at radius 1 is 1.37 bits per heavy atom. The van der Waals surface area contributed by atoms with Gasteiger partial charge in [0.05, 0.1) is 17.9 Å². The molecule has 0 bridgehead atoms. The van der Waals surface area contributed by atoms with E-state index in [1.165, 1.54) is 15.8 Å². The summed E-state index contributed by atoms with van der Waals surface area (Å²) in [5, 5.41) is 9.45. The minimum atomic E-state index is -4.01. The van der Waals surface area contributed by atoms with Gasteiger partial charge in [0.2, 0.25) is 0 Å². The van der Waals surface area contributed by atoms with Crippen LogP contribution in [0.5, 0.6) is 0 Å². The first-order valence-corrected chi connectivity index (χ1v) is 10.1. The highest BCUT2D eigenvalue weighted by molar-refractivity contribution is 7.90. The van der Waals surface area contributed by atoms with Crippen molar-refractivity contribution < 1.29 is 17.9 Å². The second-order valence-electron chi connectivity index (χ2n) is 6.50. The van der Waals surface area contributed by atoms with Gasteiger partial charge >= 0.3 is 6.09 Å². The van der Waals surface area contributed by atoms with Crippen LogP contribution in [0.4, 0.5) is 10.5 Å². The smallest absolute Gasteiger partial charge is 0.410 e. The molecule has 1 unspecified atom stereocenters. The summed E-state index contributed by atoms with van der Waals surface area (Å²) < 4.78 is 32.3. The molecule has 1 aromatic carbocycles. The molecule has 1 atom stereocenters. The third-order valence-corrected chi connectivity index (χ3v) is 5.47. The van der Waals surface area contributed by atoms with E-state index in [-0.39, 0.29) is 13.2 Å². The molecular weight excluding hydrogens is 370 g/mol. The molecule has 0 spiro atoms. The molecule has 0 saturated carbocycles. The van der Waals surface area contributed by atoms with Crippen molar-refractivity contribution in [1.82, 2.24) is 14.7 Å². The van der Waals surface area contributed by atoms with Gasteiger partial charge < -0.3 is 9.64 Å². The van der Waals surface area contributed by atoms with E-state index in [0.29, 0.717) is 25.1 Å². The van der Waals surface area contributed by atoms with E-state index in [2.05, 4.69) is 5.10 Å². The number of rotatable bonds is 5. The van der Waals surface area contributed by atoms with Gasteiger partial charge in [0.15, 0.2) is 0 Å². The van der Waals surface area contributed by atoms with E-state index in [1.54, 1.807) is 13.2 Å². The Bertz CT molecular complexity index is 884. The third-order valence-electron chi connectivity index (χ3n) is 4.41. The van der Waals surface area contributed by atoms with Crippen molar-refractivity contribution in [2.45, 2.75) is 25.5 Å². The molecule has 10 heteroatoms. The van der Waals surface area contributed by atoms with Gasteiger partial charge in [-0.1, -0.05) is 30.3 Å². The molecule has 9 nitrogen and oxygen atoms in total. The number of aryl methyl sites for hydroxylation is 1. The second-order valence-corrected chi connectivity index (χ2v) is 7.92. The fraction of sp³-hybridized carbons (Fsp3) is 0.412. The molecule has 1 fully saturated rings. The number of amides is 1. The number of ether oxygens (including phenoxy) is 1. The molecule has 2 heterocycles. The van der Waals surface area contributed by atoms with Crippen LogP contribution in [0.3, 0.4) is 0 Å². The maximum absolute atomic E-state index is 12.4. The Morgan fingerprint density at radius 2 is 2.11 bits per heavy atom. The summed E-state index contributed by atoms with van der Waals surface area (Å²) in [5.41, 5.74) is 1.27. The highest BCUT2D eigenvalue weighted by Gasteiger charge is 2.34. The number of benzene rings is 1. The van der Waals surface area contributed by atoms with Gasteiger partial charge in [0.1, 0.15) is 6.61 Å². The molecule has 1 aliphatic heterocycles. The lowest BCUT2D eigenvalue weighted by molar-refractivity contribution is 0.0865. The molecule has 3 rings (SSSR count). The molecule has 2 N–H and O–H groups in total. The van der Waals surface area contributed by atoms with Gasteiger partial charge in [-0.15, -0.1) is 0 Å². The number of hydrogen-bond donors (Lipinski definition) is 1. The van der Waals surface area contributed by atoms with Crippen molar-refractivity contribution in [3.8, 4) is 0 Å².